The molecule has 0 N–H and O–H groups in total. The maximum atomic E-state index is 5.95. The van der Waals surface area contributed by atoms with Gasteiger partial charge in [-0.3, -0.25) is 0 Å². The minimum absolute atomic E-state index is 0.228. The van der Waals surface area contributed by atoms with Crippen LogP contribution in [-0.2, 0) is 16.1 Å². The molecule has 1 unspecified atom stereocenters. The molecule has 102 valence electrons. The number of benzene rings is 1. The molecule has 1 aromatic rings. The summed E-state index contributed by atoms with van der Waals surface area (Å²) in [5.41, 5.74) is 1.23. The van der Waals surface area contributed by atoms with Crippen molar-refractivity contribution in [3.05, 3.63) is 35.9 Å². The predicted octanol–water partition coefficient (Wildman–Crippen LogP) is 4.21. The van der Waals surface area contributed by atoms with Gasteiger partial charge in [0, 0.05) is 6.61 Å². The van der Waals surface area contributed by atoms with Crippen molar-refractivity contribution in [1.82, 2.24) is 0 Å². The van der Waals surface area contributed by atoms with Gasteiger partial charge in [0.25, 0.3) is 0 Å². The zero-order valence-electron chi connectivity index (χ0n) is 11.1. The Morgan fingerprint density at radius 3 is 2.67 bits per heavy atom. The second kappa shape index (κ2) is 10.8. The molecule has 0 radical (unpaired) electrons. The van der Waals surface area contributed by atoms with Crippen LogP contribution in [0.15, 0.2) is 30.3 Å². The maximum absolute atomic E-state index is 5.95. The minimum atomic E-state index is 0.228. The topological polar surface area (TPSA) is 18.5 Å². The van der Waals surface area contributed by atoms with Gasteiger partial charge >= 0.3 is 0 Å². The van der Waals surface area contributed by atoms with Crippen molar-refractivity contribution in [3.63, 3.8) is 0 Å². The van der Waals surface area contributed by atoms with Gasteiger partial charge in [0.1, 0.15) is 0 Å². The van der Waals surface area contributed by atoms with Gasteiger partial charge in [-0.25, -0.2) is 0 Å². The molecule has 0 fully saturated rings. The van der Waals surface area contributed by atoms with Gasteiger partial charge in [0.05, 0.1) is 19.3 Å². The zero-order chi connectivity index (χ0) is 13.1. The number of rotatable bonds is 10. The van der Waals surface area contributed by atoms with Crippen molar-refractivity contribution >= 4 is 22.6 Å². The van der Waals surface area contributed by atoms with Gasteiger partial charge in [0.15, 0.2) is 0 Å². The van der Waals surface area contributed by atoms with E-state index in [1.807, 2.05) is 18.2 Å². The van der Waals surface area contributed by atoms with E-state index in [1.54, 1.807) is 0 Å². The number of ether oxygens (including phenoxy) is 2. The van der Waals surface area contributed by atoms with E-state index in [2.05, 4.69) is 41.6 Å². The molecular weight excluding hydrogens is 339 g/mol. The fourth-order valence-electron chi connectivity index (χ4n) is 1.67. The minimum Gasteiger partial charge on any atom is -0.379 e. The third-order valence-electron chi connectivity index (χ3n) is 2.64. The quantitative estimate of drug-likeness (QED) is 0.353. The second-order valence-corrected chi connectivity index (χ2v) is 5.40. The molecule has 0 amide bonds. The summed E-state index contributed by atoms with van der Waals surface area (Å²) in [6.45, 7) is 4.36. The molecule has 1 rings (SSSR count). The number of halogens is 1. The Balaban J connectivity index is 2.30. The van der Waals surface area contributed by atoms with Gasteiger partial charge in [0.2, 0.25) is 0 Å². The van der Waals surface area contributed by atoms with Crippen molar-refractivity contribution in [2.45, 2.75) is 38.9 Å². The molecule has 0 bridgehead atoms. The Labute approximate surface area is 124 Å². The van der Waals surface area contributed by atoms with Crippen LogP contribution in [0.1, 0.15) is 31.7 Å². The summed E-state index contributed by atoms with van der Waals surface area (Å²) in [4.78, 5) is 0. The summed E-state index contributed by atoms with van der Waals surface area (Å²) in [6.07, 6.45) is 3.57. The van der Waals surface area contributed by atoms with Crippen LogP contribution in [0, 0.1) is 0 Å². The first kappa shape index (κ1) is 15.9. The lowest BCUT2D eigenvalue weighted by Gasteiger charge is -2.17. The molecule has 0 heterocycles. The molecule has 1 atom stereocenters. The molecule has 0 spiro atoms. The van der Waals surface area contributed by atoms with Crippen molar-refractivity contribution in [2.24, 2.45) is 0 Å². The summed E-state index contributed by atoms with van der Waals surface area (Å²) in [5.74, 6) is 0. The molecule has 3 heteroatoms. The summed E-state index contributed by atoms with van der Waals surface area (Å²) in [6, 6.07) is 10.3. The van der Waals surface area contributed by atoms with Crippen LogP contribution < -0.4 is 0 Å². The molecule has 0 aliphatic rings. The standard InChI is InChI=1S/C15H23IO2/c1-2-11-17-13-15(9-6-10-16)18-12-14-7-4-3-5-8-14/h3-5,7-8,15H,2,6,9-13H2,1H3. The highest BCUT2D eigenvalue weighted by molar-refractivity contribution is 14.1. The van der Waals surface area contributed by atoms with Crippen molar-refractivity contribution < 1.29 is 9.47 Å². The SMILES string of the molecule is CCCOCC(CCCI)OCc1ccccc1. The fourth-order valence-corrected chi connectivity index (χ4v) is 2.11. The van der Waals surface area contributed by atoms with E-state index >= 15 is 0 Å². The second-order valence-electron chi connectivity index (χ2n) is 4.32. The van der Waals surface area contributed by atoms with Crippen molar-refractivity contribution in [2.75, 3.05) is 17.6 Å². The van der Waals surface area contributed by atoms with Gasteiger partial charge in [-0.05, 0) is 29.3 Å². The van der Waals surface area contributed by atoms with E-state index in [4.69, 9.17) is 9.47 Å². The first-order valence-electron chi connectivity index (χ1n) is 6.66. The number of hydrogen-bond acceptors (Lipinski definition) is 2. The highest BCUT2D eigenvalue weighted by Gasteiger charge is 2.09. The fraction of sp³-hybridized carbons (Fsp3) is 0.600. The normalized spacial score (nSPS) is 12.6. The van der Waals surface area contributed by atoms with Crippen molar-refractivity contribution in [1.29, 1.82) is 0 Å². The third kappa shape index (κ3) is 7.34. The largest absolute Gasteiger partial charge is 0.379 e. The third-order valence-corrected chi connectivity index (χ3v) is 3.40. The van der Waals surface area contributed by atoms with E-state index in [0.717, 1.165) is 26.1 Å². The first-order chi connectivity index (χ1) is 8.86. The van der Waals surface area contributed by atoms with Gasteiger partial charge in [-0.1, -0.05) is 59.8 Å². The Morgan fingerprint density at radius 2 is 2.00 bits per heavy atom. The van der Waals surface area contributed by atoms with Gasteiger partial charge in [-0.2, -0.15) is 0 Å². The van der Waals surface area contributed by atoms with E-state index in [9.17, 15) is 0 Å². The molecule has 0 aliphatic carbocycles. The van der Waals surface area contributed by atoms with Crippen molar-refractivity contribution in [3.8, 4) is 0 Å². The summed E-state index contributed by atoms with van der Waals surface area (Å²) in [5, 5.41) is 0. The number of alkyl halides is 1. The van der Waals surface area contributed by atoms with Crippen LogP contribution in [-0.4, -0.2) is 23.7 Å². The molecule has 18 heavy (non-hydrogen) atoms. The van der Waals surface area contributed by atoms with E-state index in [1.165, 1.54) is 16.4 Å². The smallest absolute Gasteiger partial charge is 0.0813 e. The Kier molecular flexibility index (Phi) is 9.52. The highest BCUT2D eigenvalue weighted by atomic mass is 127. The lowest BCUT2D eigenvalue weighted by molar-refractivity contribution is -0.0285. The molecule has 0 aromatic heterocycles. The summed E-state index contributed by atoms with van der Waals surface area (Å²) in [7, 11) is 0. The summed E-state index contributed by atoms with van der Waals surface area (Å²) >= 11 is 2.41. The van der Waals surface area contributed by atoms with Gasteiger partial charge in [-0.15, -0.1) is 0 Å². The molecule has 0 saturated carbocycles. The van der Waals surface area contributed by atoms with Crippen LogP contribution in [0.3, 0.4) is 0 Å². The lowest BCUT2D eigenvalue weighted by Crippen LogP contribution is -2.20. The van der Waals surface area contributed by atoms with Gasteiger partial charge < -0.3 is 9.47 Å². The number of hydrogen-bond donors (Lipinski definition) is 0. The van der Waals surface area contributed by atoms with Crippen LogP contribution in [0.4, 0.5) is 0 Å². The van der Waals surface area contributed by atoms with E-state index < -0.39 is 0 Å². The Morgan fingerprint density at radius 1 is 1.22 bits per heavy atom. The molecule has 0 aliphatic heterocycles. The first-order valence-corrected chi connectivity index (χ1v) is 8.18. The van der Waals surface area contributed by atoms with Crippen LogP contribution in [0.2, 0.25) is 0 Å². The van der Waals surface area contributed by atoms with Crippen LogP contribution in [0.25, 0.3) is 0 Å². The van der Waals surface area contributed by atoms with E-state index in [0.29, 0.717) is 6.61 Å². The summed E-state index contributed by atoms with van der Waals surface area (Å²) < 4.78 is 12.7. The lowest BCUT2D eigenvalue weighted by atomic mass is 10.2. The molecule has 2 nitrogen and oxygen atoms in total. The Hall–Kier alpha value is -0.130. The molecule has 1 aromatic carbocycles. The Bertz CT molecular complexity index is 290. The molecular formula is C15H23IO2. The average Bonchev–Trinajstić information content (AvgIpc) is 2.42. The van der Waals surface area contributed by atoms with Crippen LogP contribution >= 0.6 is 22.6 Å². The zero-order valence-corrected chi connectivity index (χ0v) is 13.3. The maximum Gasteiger partial charge on any atom is 0.0813 e. The highest BCUT2D eigenvalue weighted by Crippen LogP contribution is 2.09. The van der Waals surface area contributed by atoms with E-state index in [-0.39, 0.29) is 6.10 Å². The monoisotopic (exact) mass is 362 g/mol. The predicted molar refractivity (Wildman–Crippen MR) is 84.3 cm³/mol. The van der Waals surface area contributed by atoms with Crippen LogP contribution in [0.5, 0.6) is 0 Å². The average molecular weight is 362 g/mol. The molecule has 0 saturated heterocycles.